The molecule has 112 valence electrons. The largest absolute Gasteiger partial charge is 0.299 e. The molecule has 0 saturated heterocycles. The van der Waals surface area contributed by atoms with Gasteiger partial charge in [-0.05, 0) is 24.0 Å². The van der Waals surface area contributed by atoms with E-state index < -0.39 is 0 Å². The highest BCUT2D eigenvalue weighted by Crippen LogP contribution is 2.20. The van der Waals surface area contributed by atoms with Crippen LogP contribution in [0.1, 0.15) is 30.4 Å². The number of hydrogen-bond donors (Lipinski definition) is 0. The molecule has 0 bridgehead atoms. The second-order valence-corrected chi connectivity index (χ2v) is 5.96. The average molecular weight is 291 g/mol. The molecule has 0 amide bonds. The Morgan fingerprint density at radius 3 is 2.27 bits per heavy atom. The quantitative estimate of drug-likeness (QED) is 0.790. The lowest BCUT2D eigenvalue weighted by Crippen LogP contribution is -2.11. The van der Waals surface area contributed by atoms with Gasteiger partial charge in [-0.25, -0.2) is 0 Å². The van der Waals surface area contributed by atoms with Gasteiger partial charge in [0.25, 0.3) is 0 Å². The summed E-state index contributed by atoms with van der Waals surface area (Å²) < 4.78 is 0. The van der Waals surface area contributed by atoms with Crippen molar-refractivity contribution in [1.29, 1.82) is 0 Å². The Hall–Kier alpha value is -2.22. The molecule has 1 aliphatic rings. The van der Waals surface area contributed by atoms with Crippen LogP contribution in [0.15, 0.2) is 65.7 Å². The maximum Gasteiger partial charge on any atom is 0.139 e. The molecule has 3 rings (SSSR count). The molecule has 0 aromatic heterocycles. The smallest absolute Gasteiger partial charge is 0.139 e. The van der Waals surface area contributed by atoms with E-state index in [4.69, 9.17) is 4.99 Å². The zero-order chi connectivity index (χ0) is 15.2. The van der Waals surface area contributed by atoms with Crippen LogP contribution in [0.5, 0.6) is 0 Å². The first-order valence-electron chi connectivity index (χ1n) is 7.95. The molecule has 2 aromatic carbocycles. The summed E-state index contributed by atoms with van der Waals surface area (Å²) in [6.07, 6.45) is 4.07. The highest BCUT2D eigenvalue weighted by Gasteiger charge is 2.20. The summed E-state index contributed by atoms with van der Waals surface area (Å²) in [6, 6.07) is 20.6. The third-order valence-corrected chi connectivity index (χ3v) is 4.09. The minimum Gasteiger partial charge on any atom is -0.299 e. The van der Waals surface area contributed by atoms with Crippen LogP contribution >= 0.6 is 0 Å². The van der Waals surface area contributed by atoms with Crippen LogP contribution in [0.3, 0.4) is 0 Å². The maximum absolute atomic E-state index is 12.2. The van der Waals surface area contributed by atoms with E-state index in [9.17, 15) is 4.79 Å². The molecule has 1 aliphatic heterocycles. The van der Waals surface area contributed by atoms with Crippen molar-refractivity contribution < 1.29 is 4.79 Å². The fourth-order valence-electron chi connectivity index (χ4n) is 2.99. The Labute approximate surface area is 131 Å². The van der Waals surface area contributed by atoms with Gasteiger partial charge < -0.3 is 0 Å². The predicted octanol–water partition coefficient (Wildman–Crippen LogP) is 4.03. The van der Waals surface area contributed by atoms with Crippen LogP contribution < -0.4 is 0 Å². The second-order valence-electron chi connectivity index (χ2n) is 5.96. The van der Waals surface area contributed by atoms with E-state index in [1.807, 2.05) is 36.4 Å². The van der Waals surface area contributed by atoms with Gasteiger partial charge in [0.15, 0.2) is 0 Å². The Morgan fingerprint density at radius 1 is 0.955 bits per heavy atom. The average Bonchev–Trinajstić information content (AvgIpc) is 2.96. The number of benzene rings is 2. The Bertz CT molecular complexity index is 646. The zero-order valence-corrected chi connectivity index (χ0v) is 12.7. The first kappa shape index (κ1) is 14.7. The van der Waals surface area contributed by atoms with E-state index in [2.05, 4.69) is 24.3 Å². The van der Waals surface area contributed by atoms with Gasteiger partial charge in [0, 0.05) is 25.0 Å². The highest BCUT2D eigenvalue weighted by atomic mass is 16.1. The number of hydrogen-bond acceptors (Lipinski definition) is 2. The topological polar surface area (TPSA) is 29.4 Å². The molecule has 2 nitrogen and oxygen atoms in total. The summed E-state index contributed by atoms with van der Waals surface area (Å²) in [5.41, 5.74) is 3.64. The van der Waals surface area contributed by atoms with E-state index in [0.29, 0.717) is 18.6 Å². The van der Waals surface area contributed by atoms with Gasteiger partial charge in [0.2, 0.25) is 0 Å². The first-order chi connectivity index (χ1) is 10.8. The number of rotatable bonds is 6. The third kappa shape index (κ3) is 4.14. The van der Waals surface area contributed by atoms with E-state index in [0.717, 1.165) is 24.8 Å². The number of Topliss-reactive ketones (excluding diaryl/α,β-unsaturated/α-hetero) is 1. The zero-order valence-electron chi connectivity index (χ0n) is 12.7. The Morgan fingerprint density at radius 2 is 1.59 bits per heavy atom. The van der Waals surface area contributed by atoms with Gasteiger partial charge >= 0.3 is 0 Å². The molecule has 22 heavy (non-hydrogen) atoms. The molecule has 0 N–H and O–H groups in total. The van der Waals surface area contributed by atoms with Crippen LogP contribution in [0.2, 0.25) is 0 Å². The normalized spacial score (nSPS) is 17.3. The van der Waals surface area contributed by atoms with Crippen molar-refractivity contribution in [3.8, 4) is 0 Å². The first-order valence-corrected chi connectivity index (χ1v) is 7.95. The molecule has 1 atom stereocenters. The molecule has 0 saturated carbocycles. The van der Waals surface area contributed by atoms with Crippen molar-refractivity contribution in [2.45, 2.75) is 38.1 Å². The number of ketones is 1. The van der Waals surface area contributed by atoms with Gasteiger partial charge in [-0.15, -0.1) is 0 Å². The molecular weight excluding hydrogens is 270 g/mol. The lowest BCUT2D eigenvalue weighted by atomic mass is 10.0. The van der Waals surface area contributed by atoms with Crippen molar-refractivity contribution in [2.75, 3.05) is 0 Å². The molecular formula is C20H21NO. The van der Waals surface area contributed by atoms with E-state index >= 15 is 0 Å². The van der Waals surface area contributed by atoms with Crippen LogP contribution in [0.4, 0.5) is 0 Å². The predicted molar refractivity (Wildman–Crippen MR) is 90.4 cm³/mol. The standard InChI is InChI=1S/C20H21NO/c22-20(14-17-9-5-2-6-10-17)15-19-12-11-18(21-19)13-16-7-3-1-4-8-16/h1-10,19H,11-15H2. The lowest BCUT2D eigenvalue weighted by molar-refractivity contribution is -0.118. The number of nitrogens with zero attached hydrogens (tertiary/aromatic N) is 1. The van der Waals surface area contributed by atoms with Gasteiger partial charge in [0.1, 0.15) is 5.78 Å². The molecule has 0 aliphatic carbocycles. The van der Waals surface area contributed by atoms with Crippen molar-refractivity contribution in [3.05, 3.63) is 71.8 Å². The summed E-state index contributed by atoms with van der Waals surface area (Å²) in [7, 11) is 0. The monoisotopic (exact) mass is 291 g/mol. The van der Waals surface area contributed by atoms with Gasteiger partial charge in [-0.3, -0.25) is 9.79 Å². The fraction of sp³-hybridized carbons (Fsp3) is 0.300. The molecule has 2 heteroatoms. The maximum atomic E-state index is 12.2. The third-order valence-electron chi connectivity index (χ3n) is 4.09. The van der Waals surface area contributed by atoms with Crippen molar-refractivity contribution >= 4 is 11.5 Å². The summed E-state index contributed by atoms with van der Waals surface area (Å²) >= 11 is 0. The second kappa shape index (κ2) is 7.17. The SMILES string of the molecule is O=C(Cc1ccccc1)CC1CCC(Cc2ccccc2)=N1. The summed E-state index contributed by atoms with van der Waals surface area (Å²) in [6.45, 7) is 0. The van der Waals surface area contributed by atoms with E-state index in [-0.39, 0.29) is 6.04 Å². The van der Waals surface area contributed by atoms with Crippen molar-refractivity contribution in [3.63, 3.8) is 0 Å². The summed E-state index contributed by atoms with van der Waals surface area (Å²) in [5.74, 6) is 0.293. The number of carbonyl (C=O) groups is 1. The van der Waals surface area contributed by atoms with Gasteiger partial charge in [-0.2, -0.15) is 0 Å². The highest BCUT2D eigenvalue weighted by molar-refractivity contribution is 5.89. The Balaban J connectivity index is 1.52. The molecule has 0 radical (unpaired) electrons. The molecule has 2 aromatic rings. The van der Waals surface area contributed by atoms with Gasteiger partial charge in [0.05, 0.1) is 6.04 Å². The van der Waals surface area contributed by atoms with E-state index in [1.54, 1.807) is 0 Å². The van der Waals surface area contributed by atoms with Crippen molar-refractivity contribution in [1.82, 2.24) is 0 Å². The van der Waals surface area contributed by atoms with Gasteiger partial charge in [-0.1, -0.05) is 60.7 Å². The Kier molecular flexibility index (Phi) is 4.79. The minimum atomic E-state index is 0.190. The molecule has 1 heterocycles. The molecule has 0 spiro atoms. The van der Waals surface area contributed by atoms with Crippen LogP contribution in [-0.4, -0.2) is 17.5 Å². The number of aliphatic imine (C=N–C) groups is 1. The number of carbonyl (C=O) groups excluding carboxylic acids is 1. The van der Waals surface area contributed by atoms with Crippen LogP contribution in [0.25, 0.3) is 0 Å². The fourth-order valence-corrected chi connectivity index (χ4v) is 2.99. The van der Waals surface area contributed by atoms with Crippen LogP contribution in [0, 0.1) is 0 Å². The summed E-state index contributed by atoms with van der Waals surface area (Å²) in [5, 5.41) is 0. The molecule has 1 unspecified atom stereocenters. The van der Waals surface area contributed by atoms with E-state index in [1.165, 1.54) is 11.3 Å². The van der Waals surface area contributed by atoms with Crippen LogP contribution in [-0.2, 0) is 17.6 Å². The van der Waals surface area contributed by atoms with Crippen molar-refractivity contribution in [2.24, 2.45) is 4.99 Å². The lowest BCUT2D eigenvalue weighted by Gasteiger charge is -2.05. The minimum absolute atomic E-state index is 0.190. The molecule has 0 fully saturated rings. The summed E-state index contributed by atoms with van der Waals surface area (Å²) in [4.78, 5) is 16.9.